The Morgan fingerprint density at radius 3 is 2.70 bits per heavy atom. The Morgan fingerprint density at radius 1 is 1.30 bits per heavy atom. The lowest BCUT2D eigenvalue weighted by Gasteiger charge is -2.10. The smallest absolute Gasteiger partial charge is 0.343 e. The molecule has 0 atom stereocenters. The van der Waals surface area contributed by atoms with E-state index in [1.165, 1.54) is 7.11 Å². The number of pyridine rings is 1. The first-order valence-corrected chi connectivity index (χ1v) is 6.44. The van der Waals surface area contributed by atoms with E-state index in [-0.39, 0.29) is 5.88 Å². The van der Waals surface area contributed by atoms with E-state index in [0.717, 1.165) is 16.7 Å². The maximum Gasteiger partial charge on any atom is 0.343 e. The van der Waals surface area contributed by atoms with Gasteiger partial charge in [0.25, 0.3) is 0 Å². The van der Waals surface area contributed by atoms with Crippen molar-refractivity contribution < 1.29 is 14.3 Å². The van der Waals surface area contributed by atoms with E-state index in [4.69, 9.17) is 9.47 Å². The predicted molar refractivity (Wildman–Crippen MR) is 76.9 cm³/mol. The zero-order valence-electron chi connectivity index (χ0n) is 11.8. The van der Waals surface area contributed by atoms with Crippen LogP contribution in [0.3, 0.4) is 0 Å². The number of esters is 1. The molecule has 0 amide bonds. The zero-order chi connectivity index (χ0) is 14.5. The van der Waals surface area contributed by atoms with Crippen molar-refractivity contribution in [1.82, 2.24) is 4.98 Å². The van der Waals surface area contributed by atoms with Crippen molar-refractivity contribution in [3.05, 3.63) is 47.7 Å². The topological polar surface area (TPSA) is 48.4 Å². The Bertz CT molecular complexity index is 623. The van der Waals surface area contributed by atoms with Crippen molar-refractivity contribution in [3.63, 3.8) is 0 Å². The maximum absolute atomic E-state index is 12.0. The quantitative estimate of drug-likeness (QED) is 0.801. The second-order valence-corrected chi connectivity index (χ2v) is 4.32. The van der Waals surface area contributed by atoms with Crippen LogP contribution in [-0.2, 0) is 4.74 Å². The molecule has 4 nitrogen and oxygen atoms in total. The number of carbonyl (C=O) groups excluding carboxylic acids is 1. The summed E-state index contributed by atoms with van der Waals surface area (Å²) in [4.78, 5) is 16.1. The van der Waals surface area contributed by atoms with Crippen LogP contribution in [0.15, 0.2) is 36.5 Å². The number of rotatable bonds is 4. The third-order valence-corrected chi connectivity index (χ3v) is 3.00. The largest absolute Gasteiger partial charge is 0.480 e. The number of nitrogens with zero attached hydrogens (tertiary/aromatic N) is 1. The lowest BCUT2D eigenvalue weighted by Crippen LogP contribution is -2.08. The minimum absolute atomic E-state index is 0.279. The van der Waals surface area contributed by atoms with Gasteiger partial charge in [-0.25, -0.2) is 9.78 Å². The van der Waals surface area contributed by atoms with E-state index >= 15 is 0 Å². The van der Waals surface area contributed by atoms with E-state index in [1.54, 1.807) is 19.2 Å². The summed E-state index contributed by atoms with van der Waals surface area (Å²) in [5, 5.41) is 0. The van der Waals surface area contributed by atoms with Crippen molar-refractivity contribution in [1.29, 1.82) is 0 Å². The summed E-state index contributed by atoms with van der Waals surface area (Å²) in [5.41, 5.74) is 3.37. The van der Waals surface area contributed by atoms with Gasteiger partial charge in [0.15, 0.2) is 0 Å². The molecule has 0 aliphatic rings. The Kier molecular flexibility index (Phi) is 4.35. The monoisotopic (exact) mass is 271 g/mol. The fourth-order valence-electron chi connectivity index (χ4n) is 2.01. The first-order chi connectivity index (χ1) is 9.67. The molecule has 0 unspecified atom stereocenters. The summed E-state index contributed by atoms with van der Waals surface area (Å²) < 4.78 is 10.2. The average Bonchev–Trinajstić information content (AvgIpc) is 2.47. The van der Waals surface area contributed by atoms with E-state index in [2.05, 4.69) is 4.98 Å². The summed E-state index contributed by atoms with van der Waals surface area (Å²) in [6.07, 6.45) is 1.70. The number of aromatic nitrogens is 1. The number of benzene rings is 1. The average molecular weight is 271 g/mol. The van der Waals surface area contributed by atoms with Crippen molar-refractivity contribution in [3.8, 4) is 17.0 Å². The Hall–Kier alpha value is -2.36. The second-order valence-electron chi connectivity index (χ2n) is 4.32. The van der Waals surface area contributed by atoms with Crippen LogP contribution in [-0.4, -0.2) is 24.7 Å². The fraction of sp³-hybridized carbons (Fsp3) is 0.250. The highest BCUT2D eigenvalue weighted by Gasteiger charge is 2.16. The van der Waals surface area contributed by atoms with Gasteiger partial charge < -0.3 is 9.47 Å². The Morgan fingerprint density at radius 2 is 2.05 bits per heavy atom. The molecule has 0 N–H and O–H groups in total. The summed E-state index contributed by atoms with van der Waals surface area (Å²) in [5.74, 6) is -0.145. The van der Waals surface area contributed by atoms with Crippen LogP contribution in [0, 0.1) is 6.92 Å². The lowest BCUT2D eigenvalue weighted by molar-refractivity contribution is 0.0522. The minimum Gasteiger partial charge on any atom is -0.480 e. The molecule has 0 spiro atoms. The van der Waals surface area contributed by atoms with Gasteiger partial charge in [0.1, 0.15) is 5.56 Å². The normalized spacial score (nSPS) is 10.2. The summed E-state index contributed by atoms with van der Waals surface area (Å²) >= 11 is 0. The third-order valence-electron chi connectivity index (χ3n) is 3.00. The van der Waals surface area contributed by atoms with Crippen LogP contribution in [0.5, 0.6) is 5.88 Å². The molecule has 0 aliphatic carbocycles. The number of hydrogen-bond acceptors (Lipinski definition) is 4. The first-order valence-electron chi connectivity index (χ1n) is 6.44. The first kappa shape index (κ1) is 14.1. The van der Waals surface area contributed by atoms with Crippen molar-refractivity contribution in [2.75, 3.05) is 13.7 Å². The minimum atomic E-state index is -0.424. The molecular formula is C16H17NO3. The molecule has 1 aromatic carbocycles. The predicted octanol–water partition coefficient (Wildman–Crippen LogP) is 3.24. The van der Waals surface area contributed by atoms with Crippen molar-refractivity contribution in [2.45, 2.75) is 13.8 Å². The van der Waals surface area contributed by atoms with Gasteiger partial charge in [0, 0.05) is 11.8 Å². The molecule has 2 rings (SSSR count). The number of carbonyl (C=O) groups is 1. The molecule has 0 saturated heterocycles. The highest BCUT2D eigenvalue weighted by molar-refractivity contribution is 5.93. The Labute approximate surface area is 118 Å². The van der Waals surface area contributed by atoms with Crippen molar-refractivity contribution in [2.24, 2.45) is 0 Å². The molecule has 4 heteroatoms. The van der Waals surface area contributed by atoms with E-state index in [1.807, 2.05) is 31.2 Å². The van der Waals surface area contributed by atoms with Gasteiger partial charge in [-0.3, -0.25) is 0 Å². The third kappa shape index (κ3) is 2.79. The molecule has 20 heavy (non-hydrogen) atoms. The van der Waals surface area contributed by atoms with Crippen LogP contribution in [0.1, 0.15) is 22.8 Å². The number of ether oxygens (including phenoxy) is 2. The molecule has 104 valence electrons. The Balaban J connectivity index is 2.50. The molecular weight excluding hydrogens is 254 g/mol. The molecule has 0 aliphatic heterocycles. The molecule has 2 aromatic rings. The van der Waals surface area contributed by atoms with Crippen LogP contribution in [0.2, 0.25) is 0 Å². The van der Waals surface area contributed by atoms with Crippen LogP contribution < -0.4 is 4.74 Å². The van der Waals surface area contributed by atoms with E-state index in [9.17, 15) is 4.79 Å². The molecule has 1 aromatic heterocycles. The van der Waals surface area contributed by atoms with Crippen molar-refractivity contribution >= 4 is 5.97 Å². The maximum atomic E-state index is 12.0. The van der Waals surface area contributed by atoms with Gasteiger partial charge in [0.2, 0.25) is 5.88 Å². The highest BCUT2D eigenvalue weighted by atomic mass is 16.5. The van der Waals surface area contributed by atoms with Crippen LogP contribution in [0.4, 0.5) is 0 Å². The number of methoxy groups -OCH3 is 1. The van der Waals surface area contributed by atoms with Gasteiger partial charge in [-0.15, -0.1) is 0 Å². The van der Waals surface area contributed by atoms with Gasteiger partial charge in [-0.1, -0.05) is 24.3 Å². The zero-order valence-corrected chi connectivity index (χ0v) is 11.8. The number of hydrogen-bond donors (Lipinski definition) is 0. The molecule has 0 bridgehead atoms. The lowest BCUT2D eigenvalue weighted by atomic mass is 10.0. The molecule has 0 fully saturated rings. The van der Waals surface area contributed by atoms with E-state index in [0.29, 0.717) is 12.2 Å². The summed E-state index contributed by atoms with van der Waals surface area (Å²) in [7, 11) is 1.48. The van der Waals surface area contributed by atoms with E-state index < -0.39 is 5.97 Å². The van der Waals surface area contributed by atoms with Gasteiger partial charge >= 0.3 is 5.97 Å². The standard InChI is InChI=1S/C16H17NO3/c1-4-20-16(18)14-9-12(10-17-15(14)19-3)13-8-6-5-7-11(13)2/h5-10H,4H2,1-3H3. The van der Waals surface area contributed by atoms with Gasteiger partial charge in [-0.05, 0) is 31.0 Å². The summed E-state index contributed by atoms with van der Waals surface area (Å²) in [6.45, 7) is 4.10. The van der Waals surface area contributed by atoms with Gasteiger partial charge in [0.05, 0.1) is 13.7 Å². The van der Waals surface area contributed by atoms with Crippen LogP contribution >= 0.6 is 0 Å². The fourth-order valence-corrected chi connectivity index (χ4v) is 2.01. The highest BCUT2D eigenvalue weighted by Crippen LogP contribution is 2.27. The number of aryl methyl sites for hydroxylation is 1. The summed E-state index contributed by atoms with van der Waals surface area (Å²) in [6, 6.07) is 9.70. The molecule has 1 heterocycles. The second kappa shape index (κ2) is 6.19. The molecule has 0 radical (unpaired) electrons. The molecule has 0 saturated carbocycles. The van der Waals surface area contributed by atoms with Crippen LogP contribution in [0.25, 0.3) is 11.1 Å². The van der Waals surface area contributed by atoms with Gasteiger partial charge in [-0.2, -0.15) is 0 Å². The SMILES string of the molecule is CCOC(=O)c1cc(-c2ccccc2C)cnc1OC.